The zero-order valence-corrected chi connectivity index (χ0v) is 19.1. The van der Waals surface area contributed by atoms with E-state index in [0.29, 0.717) is 18.1 Å². The molecule has 0 radical (unpaired) electrons. The van der Waals surface area contributed by atoms with E-state index in [1.807, 2.05) is 11.8 Å². The third-order valence-corrected chi connectivity index (χ3v) is 7.85. The Labute approximate surface area is 185 Å². The van der Waals surface area contributed by atoms with Gasteiger partial charge < -0.3 is 10.2 Å². The summed E-state index contributed by atoms with van der Waals surface area (Å²) in [6.45, 7) is 5.36. The van der Waals surface area contributed by atoms with E-state index < -0.39 is 22.0 Å². The maximum Gasteiger partial charge on any atom is 0.324 e. The lowest BCUT2D eigenvalue weighted by Gasteiger charge is -2.24. The number of aromatic nitrogens is 1. The summed E-state index contributed by atoms with van der Waals surface area (Å²) in [7, 11) is -3.91. The number of benzene rings is 1. The molecule has 0 unspecified atom stereocenters. The van der Waals surface area contributed by atoms with Crippen LogP contribution in [0.15, 0.2) is 28.5 Å². The van der Waals surface area contributed by atoms with Crippen molar-refractivity contribution in [1.29, 1.82) is 0 Å². The molecule has 1 saturated heterocycles. The molecule has 0 spiro atoms. The summed E-state index contributed by atoms with van der Waals surface area (Å²) in [6.07, 6.45) is 2.63. The van der Waals surface area contributed by atoms with E-state index in [4.69, 9.17) is 0 Å². The van der Waals surface area contributed by atoms with Crippen LogP contribution in [0.5, 0.6) is 0 Å². The summed E-state index contributed by atoms with van der Waals surface area (Å²) in [4.78, 5) is 32.9. The summed E-state index contributed by atoms with van der Waals surface area (Å²) >= 11 is 1.28. The summed E-state index contributed by atoms with van der Waals surface area (Å²) < 4.78 is 28.1. The summed E-state index contributed by atoms with van der Waals surface area (Å²) in [5.41, 5.74) is 2.34. The molecule has 1 aromatic heterocycles. The second-order valence-corrected chi connectivity index (χ2v) is 10.4. The van der Waals surface area contributed by atoms with Crippen molar-refractivity contribution in [3.8, 4) is 0 Å². The molecular formula is C20H25N5O4S2. The van der Waals surface area contributed by atoms with E-state index >= 15 is 0 Å². The van der Waals surface area contributed by atoms with Crippen molar-refractivity contribution in [2.24, 2.45) is 0 Å². The number of likely N-dealkylation sites (tertiary alicyclic amines) is 1. The lowest BCUT2D eigenvalue weighted by atomic mass is 10.2. The Kier molecular flexibility index (Phi) is 6.00. The van der Waals surface area contributed by atoms with Crippen LogP contribution in [0.4, 0.5) is 15.6 Å². The molecule has 2 N–H and O–H groups in total. The van der Waals surface area contributed by atoms with E-state index in [1.165, 1.54) is 24.3 Å². The van der Waals surface area contributed by atoms with Crippen LogP contribution in [0, 0.1) is 6.92 Å². The number of nitrogens with zero attached hydrogens (tertiary/aromatic N) is 3. The van der Waals surface area contributed by atoms with Gasteiger partial charge in [0.15, 0.2) is 5.13 Å². The number of sulfonamides is 1. The van der Waals surface area contributed by atoms with Crippen molar-refractivity contribution in [2.75, 3.05) is 29.9 Å². The van der Waals surface area contributed by atoms with Crippen LogP contribution in [-0.2, 0) is 21.2 Å². The van der Waals surface area contributed by atoms with Gasteiger partial charge in [-0.1, -0.05) is 0 Å². The van der Waals surface area contributed by atoms with Gasteiger partial charge in [0.05, 0.1) is 16.6 Å². The van der Waals surface area contributed by atoms with Crippen LogP contribution in [0.1, 0.15) is 31.0 Å². The minimum Gasteiger partial charge on any atom is -0.324 e. The molecule has 3 amide bonds. The molecule has 0 saturated carbocycles. The number of aryl methyl sites for hydroxylation is 1. The van der Waals surface area contributed by atoms with E-state index in [-0.39, 0.29) is 10.9 Å². The van der Waals surface area contributed by atoms with Gasteiger partial charge in [-0.3, -0.25) is 9.69 Å². The minimum atomic E-state index is -3.91. The third kappa shape index (κ3) is 4.58. The Morgan fingerprint density at radius 3 is 2.61 bits per heavy atom. The number of rotatable bonds is 5. The lowest BCUT2D eigenvalue weighted by molar-refractivity contribution is -0.117. The monoisotopic (exact) mass is 463 g/mol. The first-order chi connectivity index (χ1) is 14.7. The Bertz CT molecular complexity index is 1110. The molecule has 1 fully saturated rings. The predicted octanol–water partition coefficient (Wildman–Crippen LogP) is 2.34. The van der Waals surface area contributed by atoms with Gasteiger partial charge >= 0.3 is 6.03 Å². The average Bonchev–Trinajstić information content (AvgIpc) is 3.47. The molecular weight excluding hydrogens is 438 g/mol. The number of carbonyl (C=O) groups is 2. The molecule has 0 bridgehead atoms. The molecule has 1 aromatic carbocycles. The number of hydrogen-bond acceptors (Lipinski definition) is 6. The SMILES string of the molecule is Cc1csc(NC(=O)[C@@H](C)NS(=O)(=O)c2ccc3c(c2)CCN3C(=O)N2CCCC2)n1. The number of amides is 3. The maximum atomic E-state index is 12.8. The largest absolute Gasteiger partial charge is 0.324 e. The van der Waals surface area contributed by atoms with Gasteiger partial charge in [-0.05, 0) is 56.9 Å². The summed E-state index contributed by atoms with van der Waals surface area (Å²) in [6, 6.07) is 3.74. The normalized spacial score (nSPS) is 17.0. The van der Waals surface area contributed by atoms with Crippen molar-refractivity contribution in [3.05, 3.63) is 34.8 Å². The standard InChI is InChI=1S/C20H25N5O4S2/c1-13-12-30-19(21-13)22-18(26)14(2)23-31(28,29)16-5-6-17-15(11-16)7-10-25(17)20(27)24-8-3-4-9-24/h5-6,11-12,14,23H,3-4,7-10H2,1-2H3,(H,21,22,26)/t14-/m1/s1. The molecule has 1 atom stereocenters. The number of hydrogen-bond donors (Lipinski definition) is 2. The van der Waals surface area contributed by atoms with E-state index in [0.717, 1.165) is 42.9 Å². The molecule has 2 aromatic rings. The van der Waals surface area contributed by atoms with Crippen molar-refractivity contribution >= 4 is 44.1 Å². The number of anilines is 2. The van der Waals surface area contributed by atoms with Crippen molar-refractivity contribution in [2.45, 2.75) is 44.0 Å². The zero-order chi connectivity index (χ0) is 22.2. The van der Waals surface area contributed by atoms with E-state index in [9.17, 15) is 18.0 Å². The van der Waals surface area contributed by atoms with Gasteiger partial charge in [0, 0.05) is 30.7 Å². The lowest BCUT2D eigenvalue weighted by Crippen LogP contribution is -2.41. The summed E-state index contributed by atoms with van der Waals surface area (Å²) in [5.74, 6) is -0.485. The highest BCUT2D eigenvalue weighted by atomic mass is 32.2. The zero-order valence-electron chi connectivity index (χ0n) is 17.4. The fourth-order valence-electron chi connectivity index (χ4n) is 3.80. The molecule has 2 aliphatic rings. The number of nitrogens with one attached hydrogen (secondary N) is 2. The molecule has 166 valence electrons. The van der Waals surface area contributed by atoms with Crippen LogP contribution in [-0.4, -0.2) is 55.9 Å². The van der Waals surface area contributed by atoms with Crippen LogP contribution in [0.25, 0.3) is 0 Å². The molecule has 31 heavy (non-hydrogen) atoms. The topological polar surface area (TPSA) is 112 Å². The number of fused-ring (bicyclic) bond motifs is 1. The highest BCUT2D eigenvalue weighted by Crippen LogP contribution is 2.31. The fourth-order valence-corrected chi connectivity index (χ4v) is 5.75. The number of thiazole rings is 1. The molecule has 4 rings (SSSR count). The van der Waals surface area contributed by atoms with Gasteiger partial charge in [0.1, 0.15) is 0 Å². The van der Waals surface area contributed by atoms with Gasteiger partial charge in [-0.15, -0.1) is 11.3 Å². The Hall–Kier alpha value is -2.50. The van der Waals surface area contributed by atoms with Gasteiger partial charge in [-0.25, -0.2) is 18.2 Å². The predicted molar refractivity (Wildman–Crippen MR) is 119 cm³/mol. The highest BCUT2D eigenvalue weighted by Gasteiger charge is 2.31. The minimum absolute atomic E-state index is 0.0206. The summed E-state index contributed by atoms with van der Waals surface area (Å²) in [5, 5.41) is 4.84. The van der Waals surface area contributed by atoms with Crippen molar-refractivity contribution in [1.82, 2.24) is 14.6 Å². The van der Waals surface area contributed by atoms with Gasteiger partial charge in [0.2, 0.25) is 15.9 Å². The van der Waals surface area contributed by atoms with Crippen LogP contribution in [0.3, 0.4) is 0 Å². The second-order valence-electron chi connectivity index (χ2n) is 7.80. The first kappa shape index (κ1) is 21.7. The van der Waals surface area contributed by atoms with Crippen LogP contribution >= 0.6 is 11.3 Å². The molecule has 3 heterocycles. The van der Waals surface area contributed by atoms with Crippen molar-refractivity contribution < 1.29 is 18.0 Å². The number of carbonyl (C=O) groups excluding carboxylic acids is 2. The fraction of sp³-hybridized carbons (Fsp3) is 0.450. The van der Waals surface area contributed by atoms with Crippen molar-refractivity contribution in [3.63, 3.8) is 0 Å². The second kappa shape index (κ2) is 8.56. The first-order valence-corrected chi connectivity index (χ1v) is 12.6. The Balaban J connectivity index is 1.45. The first-order valence-electron chi connectivity index (χ1n) is 10.2. The van der Waals surface area contributed by atoms with E-state index in [1.54, 1.807) is 22.4 Å². The van der Waals surface area contributed by atoms with Gasteiger partial charge in [0.25, 0.3) is 0 Å². The van der Waals surface area contributed by atoms with E-state index in [2.05, 4.69) is 15.0 Å². The third-order valence-electron chi connectivity index (χ3n) is 5.44. The number of urea groups is 1. The maximum absolute atomic E-state index is 12.8. The Morgan fingerprint density at radius 1 is 1.19 bits per heavy atom. The molecule has 11 heteroatoms. The quantitative estimate of drug-likeness (QED) is 0.707. The molecule has 9 nitrogen and oxygen atoms in total. The molecule has 2 aliphatic heterocycles. The average molecular weight is 464 g/mol. The van der Waals surface area contributed by atoms with Crippen LogP contribution in [0.2, 0.25) is 0 Å². The smallest absolute Gasteiger partial charge is 0.324 e. The van der Waals surface area contributed by atoms with Crippen LogP contribution < -0.4 is 14.9 Å². The highest BCUT2D eigenvalue weighted by molar-refractivity contribution is 7.89. The molecule has 0 aliphatic carbocycles. The van der Waals surface area contributed by atoms with Gasteiger partial charge in [-0.2, -0.15) is 4.72 Å². The Morgan fingerprint density at radius 2 is 1.94 bits per heavy atom.